The number of aliphatic hydroxyl groups is 1. The van der Waals surface area contributed by atoms with Crippen molar-refractivity contribution in [2.45, 2.75) is 94.0 Å². The van der Waals surface area contributed by atoms with Crippen LogP contribution >= 0.6 is 11.8 Å². The maximum absolute atomic E-state index is 12.3. The average molecular weight is 525 g/mol. The molecule has 37 heavy (non-hydrogen) atoms. The van der Waals surface area contributed by atoms with Crippen LogP contribution in [0.1, 0.15) is 75.5 Å². The summed E-state index contributed by atoms with van der Waals surface area (Å²) in [5.41, 5.74) is 2.10. The van der Waals surface area contributed by atoms with Gasteiger partial charge in [0, 0.05) is 24.8 Å². The van der Waals surface area contributed by atoms with Crippen LogP contribution in [0, 0.1) is 0 Å². The molecule has 0 amide bonds. The zero-order valence-electron chi connectivity index (χ0n) is 21.6. The monoisotopic (exact) mass is 524 g/mol. The Morgan fingerprint density at radius 2 is 2.08 bits per heavy atom. The average Bonchev–Trinajstić information content (AvgIpc) is 3.29. The van der Waals surface area contributed by atoms with Crippen molar-refractivity contribution in [1.82, 2.24) is 19.9 Å². The van der Waals surface area contributed by atoms with Crippen molar-refractivity contribution in [3.8, 4) is 0 Å². The van der Waals surface area contributed by atoms with Crippen molar-refractivity contribution in [2.24, 2.45) is 4.99 Å². The van der Waals surface area contributed by atoms with Gasteiger partial charge in [-0.3, -0.25) is 9.69 Å². The number of anilines is 1. The lowest BCUT2D eigenvalue weighted by Crippen LogP contribution is -2.36. The molecule has 2 aromatic heterocycles. The molecule has 4 heterocycles. The number of pyridine rings is 1. The molecule has 2 aliphatic heterocycles. The number of thioether (sulfide) groups is 1. The number of likely N-dealkylation sites (tertiary alicyclic amines) is 1. The molecule has 9 nitrogen and oxygen atoms in total. The number of nitrogens with zero attached hydrogens (tertiary/aromatic N) is 5. The number of hydrogen-bond acceptors (Lipinski definition) is 10. The summed E-state index contributed by atoms with van der Waals surface area (Å²) in [4.78, 5) is 33.6. The Kier molecular flexibility index (Phi) is 8.36. The summed E-state index contributed by atoms with van der Waals surface area (Å²) in [5.74, 6) is 1.40. The first-order valence-electron chi connectivity index (χ1n) is 13.3. The van der Waals surface area contributed by atoms with Crippen LogP contribution in [-0.4, -0.2) is 67.8 Å². The van der Waals surface area contributed by atoms with Gasteiger partial charge in [-0.15, -0.1) is 0 Å². The predicted molar refractivity (Wildman–Crippen MR) is 144 cm³/mol. The van der Waals surface area contributed by atoms with Crippen LogP contribution in [0.15, 0.2) is 34.4 Å². The lowest BCUT2D eigenvalue weighted by atomic mass is 9.93. The third-order valence-corrected chi connectivity index (χ3v) is 8.64. The molecule has 0 bridgehead atoms. The molecule has 1 saturated carbocycles. The van der Waals surface area contributed by atoms with Gasteiger partial charge in [-0.25, -0.2) is 15.0 Å². The zero-order chi connectivity index (χ0) is 25.8. The van der Waals surface area contributed by atoms with E-state index < -0.39 is 0 Å². The van der Waals surface area contributed by atoms with Crippen molar-refractivity contribution in [2.75, 3.05) is 19.0 Å². The molecule has 2 atom stereocenters. The van der Waals surface area contributed by atoms with Gasteiger partial charge < -0.3 is 15.2 Å². The number of nitrogens with one attached hydrogen (secondary N) is 1. The number of aromatic nitrogens is 3. The van der Waals surface area contributed by atoms with Gasteiger partial charge in [-0.1, -0.05) is 24.8 Å². The second-order valence-corrected chi connectivity index (χ2v) is 11.3. The number of aliphatic hydroxyl groups excluding tert-OH is 1. The van der Waals surface area contributed by atoms with Crippen molar-refractivity contribution >= 4 is 34.5 Å². The van der Waals surface area contributed by atoms with Gasteiger partial charge >= 0.3 is 5.97 Å². The third kappa shape index (κ3) is 6.48. The molecule has 1 aliphatic carbocycles. The maximum Gasteiger partial charge on any atom is 0.323 e. The summed E-state index contributed by atoms with van der Waals surface area (Å²) >= 11 is 1.62. The molecule has 5 rings (SSSR count). The lowest BCUT2D eigenvalue weighted by molar-refractivity contribution is -0.146. The summed E-state index contributed by atoms with van der Waals surface area (Å²) in [5, 5.41) is 15.4. The minimum absolute atomic E-state index is 0.193. The highest BCUT2D eigenvalue weighted by Crippen LogP contribution is 2.36. The Labute approximate surface area is 222 Å². The first-order chi connectivity index (χ1) is 18.0. The van der Waals surface area contributed by atoms with E-state index in [0.717, 1.165) is 73.7 Å². The quantitative estimate of drug-likeness (QED) is 0.529. The van der Waals surface area contributed by atoms with E-state index in [1.165, 1.54) is 12.7 Å². The summed E-state index contributed by atoms with van der Waals surface area (Å²) in [6.45, 7) is 3.60. The van der Waals surface area contributed by atoms with Crippen LogP contribution in [0.25, 0.3) is 0 Å². The van der Waals surface area contributed by atoms with Gasteiger partial charge in [0.05, 0.1) is 24.0 Å². The first kappa shape index (κ1) is 26.1. The van der Waals surface area contributed by atoms with E-state index in [4.69, 9.17) is 19.7 Å². The largest absolute Gasteiger partial charge is 0.468 e. The molecule has 0 spiro atoms. The zero-order valence-corrected chi connectivity index (χ0v) is 22.4. The van der Waals surface area contributed by atoms with Crippen LogP contribution in [0.3, 0.4) is 0 Å². The number of aliphatic imine (C=N–C) groups is 1. The highest BCUT2D eigenvalue weighted by atomic mass is 32.2. The van der Waals surface area contributed by atoms with E-state index in [-0.39, 0.29) is 24.2 Å². The van der Waals surface area contributed by atoms with E-state index in [0.29, 0.717) is 24.2 Å². The van der Waals surface area contributed by atoms with Crippen LogP contribution in [0.5, 0.6) is 0 Å². The number of carbonyl (C=O) groups excluding carboxylic acids is 1. The maximum atomic E-state index is 12.3. The van der Waals surface area contributed by atoms with Crippen LogP contribution in [-0.2, 0) is 16.1 Å². The predicted octanol–water partition coefficient (Wildman–Crippen LogP) is 4.44. The van der Waals surface area contributed by atoms with Gasteiger partial charge in [-0.05, 0) is 75.5 Å². The molecule has 2 unspecified atom stereocenters. The Balaban J connectivity index is 1.42. The highest BCUT2D eigenvalue weighted by molar-refractivity contribution is 8.14. The van der Waals surface area contributed by atoms with E-state index >= 15 is 0 Å². The second kappa shape index (κ2) is 11.9. The van der Waals surface area contributed by atoms with E-state index in [9.17, 15) is 9.90 Å². The van der Waals surface area contributed by atoms with Crippen molar-refractivity contribution < 1.29 is 14.6 Å². The molecule has 3 aliphatic rings. The van der Waals surface area contributed by atoms with Gasteiger partial charge in [0.15, 0.2) is 5.82 Å². The smallest absolute Gasteiger partial charge is 0.323 e. The van der Waals surface area contributed by atoms with Gasteiger partial charge in [0.1, 0.15) is 11.1 Å². The van der Waals surface area contributed by atoms with Crippen LogP contribution in [0.4, 0.5) is 11.8 Å². The summed E-state index contributed by atoms with van der Waals surface area (Å²) < 4.78 is 5.03. The standard InChI is InChI=1S/C27H36N6O3S/c1-17-7-12-24(37-25-21(17)5-3-13-28-25)31-23-15-19(16-33-14-4-6-22(33)26(35)36-2)30-27(32-23)29-18-8-10-20(34)11-9-18/h3,5,13,15,17-18,20,22,34H,4,6-12,14,16H2,1-2H3,(H,29,30,32). The highest BCUT2D eigenvalue weighted by Gasteiger charge is 2.32. The number of rotatable bonds is 6. The van der Waals surface area contributed by atoms with Crippen LogP contribution in [0.2, 0.25) is 0 Å². The van der Waals surface area contributed by atoms with E-state index in [1.54, 1.807) is 11.8 Å². The Morgan fingerprint density at radius 3 is 2.89 bits per heavy atom. The van der Waals surface area contributed by atoms with Crippen molar-refractivity contribution in [3.05, 3.63) is 35.7 Å². The normalized spacial score (nSPS) is 27.5. The number of fused-ring (bicyclic) bond motifs is 1. The molecule has 0 aromatic carbocycles. The van der Waals surface area contributed by atoms with Crippen molar-refractivity contribution in [1.29, 1.82) is 0 Å². The minimum Gasteiger partial charge on any atom is -0.468 e. The molecule has 0 radical (unpaired) electrons. The lowest BCUT2D eigenvalue weighted by Gasteiger charge is -2.26. The van der Waals surface area contributed by atoms with Gasteiger partial charge in [0.25, 0.3) is 0 Å². The number of hydrogen-bond donors (Lipinski definition) is 2. The topological polar surface area (TPSA) is 113 Å². The SMILES string of the molecule is COC(=O)C1CCCN1Cc1cc(N=C2CCC(C)c3cccnc3S2)nc(NC2CCC(O)CC2)n1. The minimum atomic E-state index is -0.243. The van der Waals surface area contributed by atoms with Gasteiger partial charge in [0.2, 0.25) is 5.95 Å². The molecular weight excluding hydrogens is 488 g/mol. The fourth-order valence-electron chi connectivity index (χ4n) is 5.44. The molecule has 198 valence electrons. The third-order valence-electron chi connectivity index (χ3n) is 7.57. The molecular formula is C27H36N6O3S. The number of carbonyl (C=O) groups is 1. The number of methoxy groups -OCH3 is 1. The molecule has 1 saturated heterocycles. The summed E-state index contributed by atoms with van der Waals surface area (Å²) in [6, 6.07) is 6.06. The molecule has 2 fully saturated rings. The second-order valence-electron chi connectivity index (χ2n) is 10.3. The summed E-state index contributed by atoms with van der Waals surface area (Å²) in [7, 11) is 1.44. The summed E-state index contributed by atoms with van der Waals surface area (Å²) in [6.07, 6.45) is 8.56. The first-order valence-corrected chi connectivity index (χ1v) is 14.1. The fourth-order valence-corrected chi connectivity index (χ4v) is 6.53. The van der Waals surface area contributed by atoms with Gasteiger partial charge in [-0.2, -0.15) is 4.98 Å². The molecule has 2 aromatic rings. The van der Waals surface area contributed by atoms with Crippen LogP contribution < -0.4 is 5.32 Å². The number of ether oxygens (including phenoxy) is 1. The fraction of sp³-hybridized carbons (Fsp3) is 0.593. The van der Waals surface area contributed by atoms with E-state index in [1.807, 2.05) is 18.3 Å². The van der Waals surface area contributed by atoms with E-state index in [2.05, 4.69) is 28.2 Å². The molecule has 10 heteroatoms. The van der Waals surface area contributed by atoms with Crippen molar-refractivity contribution in [3.63, 3.8) is 0 Å². The Morgan fingerprint density at radius 1 is 1.24 bits per heavy atom. The molecule has 2 N–H and O–H groups in total. The Hall–Kier alpha value is -2.56. The number of esters is 1. The Bertz CT molecular complexity index is 1140.